The molecule has 2 aromatic heterocycles. The van der Waals surface area contributed by atoms with Crippen LogP contribution in [0.2, 0.25) is 0 Å². The number of hydrogen-bond acceptors (Lipinski definition) is 8. The Morgan fingerprint density at radius 2 is 2.19 bits per heavy atom. The van der Waals surface area contributed by atoms with E-state index in [4.69, 9.17) is 14.1 Å². The second kappa shape index (κ2) is 5.03. The van der Waals surface area contributed by atoms with Gasteiger partial charge >= 0.3 is 0 Å². The Labute approximate surface area is 126 Å². The zero-order valence-corrected chi connectivity index (χ0v) is 12.8. The Morgan fingerprint density at radius 3 is 2.86 bits per heavy atom. The number of aromatic nitrogens is 4. The SMILES string of the molecule is CO[C@H]1C[C@H](c2nnc(C)o2)N(c2nc(C3CC3)ns2)C1. The molecule has 0 spiro atoms. The summed E-state index contributed by atoms with van der Waals surface area (Å²) in [4.78, 5) is 6.88. The normalized spacial score (nSPS) is 25.7. The van der Waals surface area contributed by atoms with Gasteiger partial charge in [-0.1, -0.05) is 0 Å². The molecule has 1 saturated heterocycles. The van der Waals surface area contributed by atoms with Gasteiger partial charge in [0.1, 0.15) is 11.9 Å². The smallest absolute Gasteiger partial charge is 0.239 e. The fraction of sp³-hybridized carbons (Fsp3) is 0.692. The highest BCUT2D eigenvalue weighted by atomic mass is 32.1. The van der Waals surface area contributed by atoms with Crippen molar-refractivity contribution in [2.45, 2.75) is 44.2 Å². The summed E-state index contributed by atoms with van der Waals surface area (Å²) in [7, 11) is 1.74. The van der Waals surface area contributed by atoms with E-state index in [0.29, 0.717) is 17.7 Å². The molecule has 0 bridgehead atoms. The van der Waals surface area contributed by atoms with Crippen LogP contribution < -0.4 is 4.90 Å². The van der Waals surface area contributed by atoms with E-state index in [1.54, 1.807) is 14.0 Å². The lowest BCUT2D eigenvalue weighted by atomic mass is 10.2. The maximum absolute atomic E-state index is 5.62. The van der Waals surface area contributed by atoms with E-state index >= 15 is 0 Å². The Morgan fingerprint density at radius 1 is 1.33 bits per heavy atom. The Bertz CT molecular complexity index is 638. The number of hydrogen-bond donors (Lipinski definition) is 0. The Kier molecular flexibility index (Phi) is 3.15. The van der Waals surface area contributed by atoms with E-state index in [-0.39, 0.29) is 12.1 Å². The fourth-order valence-electron chi connectivity index (χ4n) is 2.71. The van der Waals surface area contributed by atoms with Crippen molar-refractivity contribution in [2.24, 2.45) is 0 Å². The van der Waals surface area contributed by atoms with Crippen LogP contribution >= 0.6 is 11.5 Å². The quantitative estimate of drug-likeness (QED) is 0.855. The molecule has 3 heterocycles. The molecular formula is C13H17N5O2S. The summed E-state index contributed by atoms with van der Waals surface area (Å²) in [6.45, 7) is 2.58. The predicted octanol–water partition coefficient (Wildman–Crippen LogP) is 2.07. The molecule has 1 saturated carbocycles. The summed E-state index contributed by atoms with van der Waals surface area (Å²) in [5.41, 5.74) is 0. The number of aryl methyl sites for hydroxylation is 1. The molecule has 0 N–H and O–H groups in total. The first-order valence-corrected chi connectivity index (χ1v) is 7.95. The highest BCUT2D eigenvalue weighted by Crippen LogP contribution is 2.42. The van der Waals surface area contributed by atoms with Crippen LogP contribution in [0.3, 0.4) is 0 Å². The Hall–Kier alpha value is -1.54. The van der Waals surface area contributed by atoms with Gasteiger partial charge in [0.2, 0.25) is 16.9 Å². The van der Waals surface area contributed by atoms with Crippen molar-refractivity contribution in [2.75, 3.05) is 18.6 Å². The van der Waals surface area contributed by atoms with E-state index in [1.807, 2.05) is 0 Å². The van der Waals surface area contributed by atoms with Gasteiger partial charge < -0.3 is 14.1 Å². The highest BCUT2D eigenvalue weighted by Gasteiger charge is 2.39. The van der Waals surface area contributed by atoms with Gasteiger partial charge in [-0.3, -0.25) is 0 Å². The summed E-state index contributed by atoms with van der Waals surface area (Å²) in [6, 6.07) is 0.0242. The topological polar surface area (TPSA) is 77.2 Å². The number of ether oxygens (including phenoxy) is 1. The average Bonchev–Trinajstić information content (AvgIpc) is 2.93. The lowest BCUT2D eigenvalue weighted by molar-refractivity contribution is 0.117. The van der Waals surface area contributed by atoms with E-state index in [0.717, 1.165) is 23.9 Å². The third-order valence-electron chi connectivity index (χ3n) is 4.04. The lowest BCUT2D eigenvalue weighted by Crippen LogP contribution is -2.24. The van der Waals surface area contributed by atoms with Crippen molar-refractivity contribution in [3.05, 3.63) is 17.6 Å². The summed E-state index contributed by atoms with van der Waals surface area (Å²) in [6.07, 6.45) is 3.40. The number of methoxy groups -OCH3 is 1. The second-order valence-electron chi connectivity index (χ2n) is 5.63. The molecule has 2 aromatic rings. The van der Waals surface area contributed by atoms with Gasteiger partial charge in [0.15, 0.2) is 0 Å². The fourth-order valence-corrected chi connectivity index (χ4v) is 3.52. The highest BCUT2D eigenvalue weighted by molar-refractivity contribution is 7.09. The predicted molar refractivity (Wildman–Crippen MR) is 76.4 cm³/mol. The van der Waals surface area contributed by atoms with Crippen molar-refractivity contribution in [1.82, 2.24) is 19.6 Å². The maximum Gasteiger partial charge on any atom is 0.239 e. The molecule has 0 aromatic carbocycles. The molecular weight excluding hydrogens is 290 g/mol. The molecule has 2 atom stereocenters. The third kappa shape index (κ3) is 2.42. The van der Waals surface area contributed by atoms with Crippen molar-refractivity contribution in [3.63, 3.8) is 0 Å². The molecule has 1 aliphatic carbocycles. The number of rotatable bonds is 4. The zero-order chi connectivity index (χ0) is 14.4. The minimum atomic E-state index is 0.0242. The number of nitrogens with zero attached hydrogens (tertiary/aromatic N) is 5. The molecule has 0 radical (unpaired) electrons. The summed E-state index contributed by atoms with van der Waals surface area (Å²) < 4.78 is 15.6. The minimum absolute atomic E-state index is 0.0242. The molecule has 7 nitrogen and oxygen atoms in total. The van der Waals surface area contributed by atoms with Gasteiger partial charge in [-0.25, -0.2) is 4.98 Å². The van der Waals surface area contributed by atoms with Gasteiger partial charge in [0, 0.05) is 44.4 Å². The van der Waals surface area contributed by atoms with E-state index in [1.165, 1.54) is 24.4 Å². The first kappa shape index (κ1) is 13.1. The van der Waals surface area contributed by atoms with Gasteiger partial charge in [-0.05, 0) is 12.8 Å². The molecule has 2 fully saturated rings. The van der Waals surface area contributed by atoms with Crippen molar-refractivity contribution < 1.29 is 9.15 Å². The molecule has 4 rings (SSSR count). The summed E-state index contributed by atoms with van der Waals surface area (Å²) >= 11 is 1.45. The maximum atomic E-state index is 5.62. The summed E-state index contributed by atoms with van der Waals surface area (Å²) in [5, 5.41) is 9.03. The van der Waals surface area contributed by atoms with Crippen LogP contribution in [-0.4, -0.2) is 39.3 Å². The van der Waals surface area contributed by atoms with Crippen molar-refractivity contribution in [1.29, 1.82) is 0 Å². The van der Waals surface area contributed by atoms with Gasteiger partial charge in [-0.2, -0.15) is 4.37 Å². The van der Waals surface area contributed by atoms with Crippen LogP contribution in [0.4, 0.5) is 5.13 Å². The van der Waals surface area contributed by atoms with Crippen LogP contribution in [0, 0.1) is 6.92 Å². The van der Waals surface area contributed by atoms with Crippen LogP contribution in [0.25, 0.3) is 0 Å². The van der Waals surface area contributed by atoms with Crippen LogP contribution in [0.1, 0.15) is 48.8 Å². The van der Waals surface area contributed by atoms with Gasteiger partial charge in [-0.15, -0.1) is 10.2 Å². The van der Waals surface area contributed by atoms with Gasteiger partial charge in [0.05, 0.1) is 6.10 Å². The second-order valence-corrected chi connectivity index (χ2v) is 6.36. The van der Waals surface area contributed by atoms with Crippen LogP contribution in [0.15, 0.2) is 4.42 Å². The molecule has 8 heteroatoms. The standard InChI is InChI=1S/C13H17N5O2S/c1-7-15-16-12(20-7)10-5-9(19-2)6-18(10)13-14-11(17-21-13)8-3-4-8/h8-10H,3-6H2,1-2H3/t9-,10+/m0/s1. The molecule has 112 valence electrons. The zero-order valence-electron chi connectivity index (χ0n) is 12.0. The lowest BCUT2D eigenvalue weighted by Gasteiger charge is -2.19. The number of anilines is 1. The van der Waals surface area contributed by atoms with E-state index in [2.05, 4.69) is 19.5 Å². The van der Waals surface area contributed by atoms with E-state index < -0.39 is 0 Å². The van der Waals surface area contributed by atoms with Crippen LogP contribution in [0.5, 0.6) is 0 Å². The van der Waals surface area contributed by atoms with Crippen molar-refractivity contribution >= 4 is 16.7 Å². The Balaban J connectivity index is 1.63. The molecule has 2 aliphatic rings. The van der Waals surface area contributed by atoms with Gasteiger partial charge in [0.25, 0.3) is 0 Å². The van der Waals surface area contributed by atoms with Crippen molar-refractivity contribution in [3.8, 4) is 0 Å². The first-order chi connectivity index (χ1) is 10.2. The monoisotopic (exact) mass is 307 g/mol. The molecule has 0 amide bonds. The third-order valence-corrected chi connectivity index (χ3v) is 4.81. The largest absolute Gasteiger partial charge is 0.423 e. The molecule has 21 heavy (non-hydrogen) atoms. The first-order valence-electron chi connectivity index (χ1n) is 7.17. The van der Waals surface area contributed by atoms with Crippen LogP contribution in [-0.2, 0) is 4.74 Å². The molecule has 1 aliphatic heterocycles. The van der Waals surface area contributed by atoms with E-state index in [9.17, 15) is 0 Å². The summed E-state index contributed by atoms with van der Waals surface area (Å²) in [5.74, 6) is 2.77. The molecule has 0 unspecified atom stereocenters. The average molecular weight is 307 g/mol. The minimum Gasteiger partial charge on any atom is -0.423 e.